The minimum atomic E-state index is 0.427. The molecule has 1 rings (SSSR count). The highest BCUT2D eigenvalue weighted by molar-refractivity contribution is 5.97. The molecule has 1 fully saturated rings. The second-order valence-corrected chi connectivity index (χ2v) is 3.16. The van der Waals surface area contributed by atoms with Gasteiger partial charge in [-0.25, -0.2) is 4.99 Å². The van der Waals surface area contributed by atoms with Gasteiger partial charge in [0.25, 0.3) is 0 Å². The molecule has 0 saturated heterocycles. The summed E-state index contributed by atoms with van der Waals surface area (Å²) in [5.41, 5.74) is 1.14. The lowest BCUT2D eigenvalue weighted by Gasteiger charge is -1.94. The SMILES string of the molecule is CC(=N)N=C(C)[C@@H]1CC1C. The Morgan fingerprint density at radius 2 is 2.00 bits per heavy atom. The van der Waals surface area contributed by atoms with Crippen molar-refractivity contribution in [2.45, 2.75) is 27.2 Å². The normalized spacial score (nSPS) is 32.1. The molecule has 0 amide bonds. The summed E-state index contributed by atoms with van der Waals surface area (Å²) < 4.78 is 0. The van der Waals surface area contributed by atoms with Gasteiger partial charge in [-0.05, 0) is 32.1 Å². The molecule has 0 aromatic rings. The van der Waals surface area contributed by atoms with Crippen LogP contribution in [0.1, 0.15) is 27.2 Å². The number of amidine groups is 1. The van der Waals surface area contributed by atoms with Crippen LogP contribution in [-0.2, 0) is 0 Å². The molecule has 1 unspecified atom stereocenters. The first-order valence-corrected chi connectivity index (χ1v) is 3.71. The molecule has 0 radical (unpaired) electrons. The van der Waals surface area contributed by atoms with Crippen LogP contribution in [0.25, 0.3) is 0 Å². The van der Waals surface area contributed by atoms with Crippen LogP contribution in [0, 0.1) is 17.2 Å². The molecule has 0 aromatic heterocycles. The highest BCUT2D eigenvalue weighted by Gasteiger charge is 2.34. The Labute approximate surface area is 61.9 Å². The van der Waals surface area contributed by atoms with Crippen LogP contribution in [0.15, 0.2) is 4.99 Å². The van der Waals surface area contributed by atoms with Gasteiger partial charge in [-0.2, -0.15) is 0 Å². The largest absolute Gasteiger partial charge is 0.287 e. The van der Waals surface area contributed by atoms with E-state index in [1.807, 2.05) is 6.92 Å². The van der Waals surface area contributed by atoms with Gasteiger partial charge in [0, 0.05) is 5.71 Å². The van der Waals surface area contributed by atoms with E-state index < -0.39 is 0 Å². The maximum Gasteiger partial charge on any atom is 0.117 e. The number of nitrogens with zero attached hydrogens (tertiary/aromatic N) is 1. The summed E-state index contributed by atoms with van der Waals surface area (Å²) in [6.07, 6.45) is 1.27. The second-order valence-electron chi connectivity index (χ2n) is 3.16. The molecule has 0 aromatic carbocycles. The average Bonchev–Trinajstić information content (AvgIpc) is 2.44. The average molecular weight is 138 g/mol. The van der Waals surface area contributed by atoms with E-state index in [9.17, 15) is 0 Å². The van der Waals surface area contributed by atoms with Crippen molar-refractivity contribution in [1.82, 2.24) is 0 Å². The third kappa shape index (κ3) is 1.66. The highest BCUT2D eigenvalue weighted by atomic mass is 14.8. The van der Waals surface area contributed by atoms with E-state index in [1.165, 1.54) is 6.42 Å². The molecule has 2 atom stereocenters. The Balaban J connectivity index is 2.49. The Morgan fingerprint density at radius 1 is 1.50 bits per heavy atom. The molecule has 10 heavy (non-hydrogen) atoms. The molecule has 0 heterocycles. The monoisotopic (exact) mass is 138 g/mol. The van der Waals surface area contributed by atoms with Crippen molar-refractivity contribution >= 4 is 11.5 Å². The molecule has 0 aliphatic heterocycles. The van der Waals surface area contributed by atoms with Crippen LogP contribution in [0.4, 0.5) is 0 Å². The fraction of sp³-hybridized carbons (Fsp3) is 0.750. The second kappa shape index (κ2) is 2.52. The minimum absolute atomic E-state index is 0.427. The lowest BCUT2D eigenvalue weighted by molar-refractivity contribution is 0.922. The van der Waals surface area contributed by atoms with Gasteiger partial charge >= 0.3 is 0 Å². The zero-order valence-corrected chi connectivity index (χ0v) is 6.81. The van der Waals surface area contributed by atoms with Crippen molar-refractivity contribution in [3.05, 3.63) is 0 Å². The summed E-state index contributed by atoms with van der Waals surface area (Å²) in [5, 5.41) is 7.12. The predicted octanol–water partition coefficient (Wildman–Crippen LogP) is 2.10. The fourth-order valence-corrected chi connectivity index (χ4v) is 1.25. The Kier molecular flexibility index (Phi) is 1.88. The van der Waals surface area contributed by atoms with Gasteiger partial charge in [0.15, 0.2) is 0 Å². The van der Waals surface area contributed by atoms with Gasteiger partial charge in [0.05, 0.1) is 0 Å². The van der Waals surface area contributed by atoms with E-state index in [0.29, 0.717) is 11.8 Å². The first-order valence-electron chi connectivity index (χ1n) is 3.71. The van der Waals surface area contributed by atoms with Crippen molar-refractivity contribution < 1.29 is 0 Å². The van der Waals surface area contributed by atoms with E-state index in [-0.39, 0.29) is 0 Å². The third-order valence-electron chi connectivity index (χ3n) is 1.99. The molecule has 0 bridgehead atoms. The third-order valence-corrected chi connectivity index (χ3v) is 1.99. The maximum absolute atomic E-state index is 7.12. The Bertz CT molecular complexity index is 182. The summed E-state index contributed by atoms with van der Waals surface area (Å²) in [6, 6.07) is 0. The molecule has 1 saturated carbocycles. The maximum atomic E-state index is 7.12. The van der Waals surface area contributed by atoms with Gasteiger partial charge < -0.3 is 0 Å². The number of nitrogens with one attached hydrogen (secondary N) is 1. The number of rotatable bonds is 1. The predicted molar refractivity (Wildman–Crippen MR) is 43.8 cm³/mol. The Hall–Kier alpha value is -0.660. The van der Waals surface area contributed by atoms with Crippen molar-refractivity contribution in [3.63, 3.8) is 0 Å². The minimum Gasteiger partial charge on any atom is -0.287 e. The van der Waals surface area contributed by atoms with Gasteiger partial charge in [-0.3, -0.25) is 5.41 Å². The van der Waals surface area contributed by atoms with Crippen molar-refractivity contribution in [1.29, 1.82) is 5.41 Å². The van der Waals surface area contributed by atoms with Crippen LogP contribution in [0.3, 0.4) is 0 Å². The molecule has 1 aliphatic rings. The topological polar surface area (TPSA) is 36.2 Å². The van der Waals surface area contributed by atoms with Gasteiger partial charge in [0.1, 0.15) is 5.84 Å². The summed E-state index contributed by atoms with van der Waals surface area (Å²) in [5.74, 6) is 1.92. The first-order chi connectivity index (χ1) is 4.61. The lowest BCUT2D eigenvalue weighted by atomic mass is 10.2. The summed E-state index contributed by atoms with van der Waals surface area (Å²) in [7, 11) is 0. The van der Waals surface area contributed by atoms with E-state index in [0.717, 1.165) is 11.6 Å². The van der Waals surface area contributed by atoms with Crippen LogP contribution < -0.4 is 0 Å². The van der Waals surface area contributed by atoms with Crippen LogP contribution in [0.5, 0.6) is 0 Å². The molecule has 1 aliphatic carbocycles. The highest BCUT2D eigenvalue weighted by Crippen LogP contribution is 2.38. The van der Waals surface area contributed by atoms with Crippen molar-refractivity contribution in [2.75, 3.05) is 0 Å². The van der Waals surface area contributed by atoms with E-state index in [4.69, 9.17) is 5.41 Å². The van der Waals surface area contributed by atoms with Gasteiger partial charge in [0.2, 0.25) is 0 Å². The quantitative estimate of drug-likeness (QED) is 0.425. The number of hydrogen-bond donors (Lipinski definition) is 1. The molecule has 2 nitrogen and oxygen atoms in total. The lowest BCUT2D eigenvalue weighted by Crippen LogP contribution is -1.98. The van der Waals surface area contributed by atoms with Crippen molar-refractivity contribution in [3.8, 4) is 0 Å². The Morgan fingerprint density at radius 3 is 2.30 bits per heavy atom. The standard InChI is InChI=1S/C8H14N2/c1-5-4-8(5)6(2)10-7(3)9/h5,8-9H,4H2,1-3H3/t5?,8-/m1/s1. The first kappa shape index (κ1) is 7.45. The molecular formula is C8H14N2. The molecule has 0 spiro atoms. The summed E-state index contributed by atoms with van der Waals surface area (Å²) in [6.45, 7) is 5.96. The summed E-state index contributed by atoms with van der Waals surface area (Å²) >= 11 is 0. The number of aliphatic imine (C=N–C) groups is 1. The van der Waals surface area contributed by atoms with E-state index in [1.54, 1.807) is 6.92 Å². The number of hydrogen-bond acceptors (Lipinski definition) is 1. The molecule has 56 valence electrons. The van der Waals surface area contributed by atoms with Crippen LogP contribution >= 0.6 is 0 Å². The van der Waals surface area contributed by atoms with Crippen molar-refractivity contribution in [2.24, 2.45) is 16.8 Å². The van der Waals surface area contributed by atoms with Crippen LogP contribution in [0.2, 0.25) is 0 Å². The van der Waals surface area contributed by atoms with Gasteiger partial charge in [-0.1, -0.05) is 6.92 Å². The zero-order chi connectivity index (χ0) is 7.72. The van der Waals surface area contributed by atoms with E-state index in [2.05, 4.69) is 11.9 Å². The summed E-state index contributed by atoms with van der Waals surface area (Å²) in [4.78, 5) is 4.09. The molecule has 1 N–H and O–H groups in total. The molecule has 2 heteroatoms. The zero-order valence-electron chi connectivity index (χ0n) is 6.81. The van der Waals surface area contributed by atoms with Gasteiger partial charge in [-0.15, -0.1) is 0 Å². The fourth-order valence-electron chi connectivity index (χ4n) is 1.25. The van der Waals surface area contributed by atoms with E-state index >= 15 is 0 Å². The molecular weight excluding hydrogens is 124 g/mol. The van der Waals surface area contributed by atoms with Crippen LogP contribution in [-0.4, -0.2) is 11.5 Å². The smallest absolute Gasteiger partial charge is 0.117 e.